The molecule has 112 valence electrons. The molecule has 0 saturated carbocycles. The first-order valence-electron chi connectivity index (χ1n) is 7.37. The van der Waals surface area contributed by atoms with Gasteiger partial charge in [0.1, 0.15) is 0 Å². The van der Waals surface area contributed by atoms with Crippen molar-refractivity contribution in [3.05, 3.63) is 0 Å². The molecular weight excluding hydrogens is 244 g/mol. The number of hydrogen-bond acceptors (Lipinski definition) is 3. The molecule has 1 rings (SSSR count). The Morgan fingerprint density at radius 1 is 1.47 bits per heavy atom. The first kappa shape index (κ1) is 16.2. The van der Waals surface area contributed by atoms with Crippen LogP contribution in [0.5, 0.6) is 0 Å². The van der Waals surface area contributed by atoms with Crippen LogP contribution in [-0.4, -0.2) is 42.5 Å². The Labute approximate surface area is 116 Å². The van der Waals surface area contributed by atoms with E-state index in [2.05, 4.69) is 10.6 Å². The van der Waals surface area contributed by atoms with Crippen molar-refractivity contribution >= 4 is 6.03 Å². The number of carbonyl (C=O) groups excluding carboxylic acids is 1. The van der Waals surface area contributed by atoms with Crippen molar-refractivity contribution < 1.29 is 14.6 Å². The normalized spacial score (nSPS) is 22.3. The number of urea groups is 1. The van der Waals surface area contributed by atoms with Crippen LogP contribution in [0.2, 0.25) is 0 Å². The van der Waals surface area contributed by atoms with Crippen LogP contribution in [-0.2, 0) is 4.74 Å². The molecule has 19 heavy (non-hydrogen) atoms. The predicted octanol–water partition coefficient (Wildman–Crippen LogP) is 1.65. The number of carbonyl (C=O) groups is 1. The first-order chi connectivity index (χ1) is 9.02. The minimum atomic E-state index is -0.478. The van der Waals surface area contributed by atoms with Crippen molar-refractivity contribution in [3.8, 4) is 0 Å². The highest BCUT2D eigenvalue weighted by atomic mass is 16.5. The molecule has 3 N–H and O–H groups in total. The standard InChI is InChI=1S/C14H28N2O3/c1-4-12(13-6-5-7-19-13)16-14(18)15-9-11(17)8-10(2)3/h10-13,17H,4-9H2,1-3H3,(H2,15,16,18). The van der Waals surface area contributed by atoms with Crippen molar-refractivity contribution in [3.63, 3.8) is 0 Å². The molecule has 5 heteroatoms. The number of hydrogen-bond donors (Lipinski definition) is 3. The van der Waals surface area contributed by atoms with Crippen LogP contribution in [0.4, 0.5) is 4.79 Å². The fourth-order valence-corrected chi connectivity index (χ4v) is 2.44. The summed E-state index contributed by atoms with van der Waals surface area (Å²) in [4.78, 5) is 11.8. The summed E-state index contributed by atoms with van der Waals surface area (Å²) in [6.07, 6.45) is 3.28. The molecule has 0 bridgehead atoms. The highest BCUT2D eigenvalue weighted by Crippen LogP contribution is 2.17. The smallest absolute Gasteiger partial charge is 0.315 e. The van der Waals surface area contributed by atoms with Gasteiger partial charge in [0.05, 0.1) is 18.2 Å². The molecule has 1 saturated heterocycles. The summed E-state index contributed by atoms with van der Waals surface area (Å²) in [5.74, 6) is 0.426. The molecule has 0 aromatic rings. The fourth-order valence-electron chi connectivity index (χ4n) is 2.44. The van der Waals surface area contributed by atoms with Gasteiger partial charge in [-0.25, -0.2) is 4.79 Å². The van der Waals surface area contributed by atoms with Gasteiger partial charge >= 0.3 is 6.03 Å². The summed E-state index contributed by atoms with van der Waals surface area (Å²) in [6.45, 7) is 7.23. The van der Waals surface area contributed by atoms with Crippen LogP contribution in [0.25, 0.3) is 0 Å². The fraction of sp³-hybridized carbons (Fsp3) is 0.929. The van der Waals surface area contributed by atoms with Gasteiger partial charge in [0.15, 0.2) is 0 Å². The Morgan fingerprint density at radius 2 is 2.21 bits per heavy atom. The number of amides is 2. The Morgan fingerprint density at radius 3 is 2.74 bits per heavy atom. The molecule has 2 amide bonds. The lowest BCUT2D eigenvalue weighted by Crippen LogP contribution is -2.48. The van der Waals surface area contributed by atoms with Gasteiger partial charge in [-0.15, -0.1) is 0 Å². The van der Waals surface area contributed by atoms with Gasteiger partial charge in [0.25, 0.3) is 0 Å². The molecule has 0 spiro atoms. The van der Waals surface area contributed by atoms with E-state index >= 15 is 0 Å². The summed E-state index contributed by atoms with van der Waals surface area (Å²) < 4.78 is 5.59. The van der Waals surface area contributed by atoms with Gasteiger partial charge in [0.2, 0.25) is 0 Å². The number of aliphatic hydroxyl groups is 1. The van der Waals surface area contributed by atoms with Crippen LogP contribution in [0.1, 0.15) is 46.5 Å². The second kappa shape index (κ2) is 8.38. The van der Waals surface area contributed by atoms with Crippen LogP contribution in [0.15, 0.2) is 0 Å². The molecule has 1 heterocycles. The quantitative estimate of drug-likeness (QED) is 0.660. The molecule has 0 aromatic carbocycles. The van der Waals surface area contributed by atoms with E-state index in [1.54, 1.807) is 0 Å². The zero-order chi connectivity index (χ0) is 14.3. The average molecular weight is 272 g/mol. The van der Waals surface area contributed by atoms with Crippen LogP contribution < -0.4 is 10.6 Å². The van der Waals surface area contributed by atoms with E-state index in [1.807, 2.05) is 20.8 Å². The SMILES string of the molecule is CCC(NC(=O)NCC(O)CC(C)C)C1CCCO1. The summed E-state index contributed by atoms with van der Waals surface area (Å²) >= 11 is 0. The van der Waals surface area contributed by atoms with Gasteiger partial charge in [-0.05, 0) is 31.6 Å². The predicted molar refractivity (Wildman–Crippen MR) is 75.0 cm³/mol. The maximum absolute atomic E-state index is 11.8. The summed E-state index contributed by atoms with van der Waals surface area (Å²) in [7, 11) is 0. The largest absolute Gasteiger partial charge is 0.391 e. The zero-order valence-electron chi connectivity index (χ0n) is 12.3. The maximum atomic E-state index is 11.8. The van der Waals surface area contributed by atoms with Crippen molar-refractivity contribution in [2.75, 3.05) is 13.2 Å². The molecule has 1 aliphatic heterocycles. The van der Waals surface area contributed by atoms with E-state index < -0.39 is 6.10 Å². The van der Waals surface area contributed by atoms with E-state index in [0.717, 1.165) is 25.9 Å². The number of aliphatic hydroxyl groups excluding tert-OH is 1. The lowest BCUT2D eigenvalue weighted by Gasteiger charge is -2.23. The third-order valence-electron chi connectivity index (χ3n) is 3.41. The van der Waals surface area contributed by atoms with E-state index in [0.29, 0.717) is 18.9 Å². The molecule has 3 unspecified atom stereocenters. The first-order valence-corrected chi connectivity index (χ1v) is 7.37. The maximum Gasteiger partial charge on any atom is 0.315 e. The van der Waals surface area contributed by atoms with Gasteiger partial charge in [-0.1, -0.05) is 20.8 Å². The number of nitrogens with one attached hydrogen (secondary N) is 2. The lowest BCUT2D eigenvalue weighted by molar-refractivity contribution is 0.0792. The molecule has 3 atom stereocenters. The van der Waals surface area contributed by atoms with Gasteiger partial charge < -0.3 is 20.5 Å². The van der Waals surface area contributed by atoms with E-state index in [9.17, 15) is 9.90 Å². The highest BCUT2D eigenvalue weighted by molar-refractivity contribution is 5.74. The second-order valence-corrected chi connectivity index (χ2v) is 5.70. The molecule has 0 aliphatic carbocycles. The van der Waals surface area contributed by atoms with E-state index in [-0.39, 0.29) is 18.2 Å². The van der Waals surface area contributed by atoms with E-state index in [4.69, 9.17) is 4.74 Å². The number of ether oxygens (including phenoxy) is 1. The van der Waals surface area contributed by atoms with Crippen LogP contribution in [0, 0.1) is 5.92 Å². The molecular formula is C14H28N2O3. The Hall–Kier alpha value is -0.810. The van der Waals surface area contributed by atoms with Crippen molar-refractivity contribution in [2.24, 2.45) is 5.92 Å². The molecule has 5 nitrogen and oxygen atoms in total. The minimum Gasteiger partial charge on any atom is -0.391 e. The van der Waals surface area contributed by atoms with Crippen molar-refractivity contribution in [1.29, 1.82) is 0 Å². The summed E-state index contributed by atoms with van der Waals surface area (Å²) in [5, 5.41) is 15.4. The van der Waals surface area contributed by atoms with Crippen molar-refractivity contribution in [1.82, 2.24) is 10.6 Å². The summed E-state index contributed by atoms with van der Waals surface area (Å²) in [6, 6.07) is -0.158. The minimum absolute atomic E-state index is 0.0599. The van der Waals surface area contributed by atoms with Gasteiger partial charge in [-0.2, -0.15) is 0 Å². The Kier molecular flexibility index (Phi) is 7.16. The molecule has 1 aliphatic rings. The summed E-state index contributed by atoms with van der Waals surface area (Å²) in [5.41, 5.74) is 0. The van der Waals surface area contributed by atoms with E-state index in [1.165, 1.54) is 0 Å². The van der Waals surface area contributed by atoms with Crippen LogP contribution >= 0.6 is 0 Å². The van der Waals surface area contributed by atoms with Crippen LogP contribution in [0.3, 0.4) is 0 Å². The Balaban J connectivity index is 2.25. The molecule has 0 radical (unpaired) electrons. The molecule has 0 aromatic heterocycles. The third kappa shape index (κ3) is 6.25. The lowest BCUT2D eigenvalue weighted by atomic mass is 10.1. The number of rotatable bonds is 7. The highest BCUT2D eigenvalue weighted by Gasteiger charge is 2.25. The van der Waals surface area contributed by atoms with Gasteiger partial charge in [0, 0.05) is 13.2 Å². The monoisotopic (exact) mass is 272 g/mol. The van der Waals surface area contributed by atoms with Gasteiger partial charge in [-0.3, -0.25) is 0 Å². The van der Waals surface area contributed by atoms with Crippen molar-refractivity contribution in [2.45, 2.75) is 64.7 Å². The topological polar surface area (TPSA) is 70.6 Å². The Bertz CT molecular complexity index is 265. The third-order valence-corrected chi connectivity index (χ3v) is 3.41. The molecule has 1 fully saturated rings. The second-order valence-electron chi connectivity index (χ2n) is 5.70. The average Bonchev–Trinajstić information content (AvgIpc) is 2.86. The zero-order valence-corrected chi connectivity index (χ0v) is 12.3.